The van der Waals surface area contributed by atoms with E-state index in [1.54, 1.807) is 12.2 Å². The zero-order chi connectivity index (χ0) is 55.1. The van der Waals surface area contributed by atoms with Crippen LogP contribution in [0.4, 0.5) is 58.6 Å². The van der Waals surface area contributed by atoms with Gasteiger partial charge in [0.15, 0.2) is 5.96 Å². The maximum absolute atomic E-state index is 13.6. The van der Waals surface area contributed by atoms with Crippen molar-refractivity contribution >= 4 is 83.7 Å². The van der Waals surface area contributed by atoms with E-state index in [0.29, 0.717) is 23.3 Å². The van der Waals surface area contributed by atoms with Gasteiger partial charge >= 0.3 is 24.7 Å². The van der Waals surface area contributed by atoms with Gasteiger partial charge in [0, 0.05) is 65.0 Å². The number of nitrogens with two attached hydrogens (primary N) is 3. The van der Waals surface area contributed by atoms with Crippen LogP contribution in [0.2, 0.25) is 10.0 Å². The molecule has 2 aliphatic rings. The molecule has 0 saturated carbocycles. The number of nitrogen functional groups attached to an aromatic ring is 1. The van der Waals surface area contributed by atoms with Crippen molar-refractivity contribution in [2.75, 3.05) is 5.73 Å². The van der Waals surface area contributed by atoms with Gasteiger partial charge in [-0.3, -0.25) is 24.8 Å². The number of Topliss-reactive ketones (excluding diaryl/α,β-unsaturated/α-hetero) is 2. The summed E-state index contributed by atoms with van der Waals surface area (Å²) < 4.78 is 159. The van der Waals surface area contributed by atoms with Gasteiger partial charge in [-0.1, -0.05) is 83.9 Å². The van der Waals surface area contributed by atoms with Crippen LogP contribution in [0, 0.1) is 48.4 Å². The number of guanidine groups is 1. The molecule has 77 heavy (non-hydrogen) atoms. The quantitative estimate of drug-likeness (QED) is 0.0399. The predicted molar refractivity (Wildman–Crippen MR) is 271 cm³/mol. The first-order chi connectivity index (χ1) is 34.3. The maximum Gasteiger partial charge on any atom is 0.417 e. The summed E-state index contributed by atoms with van der Waals surface area (Å²) in [4.78, 5) is 44.6. The Morgan fingerprint density at radius 1 is 0.714 bits per heavy atom. The molecule has 3 unspecified atom stereocenters. The Hall–Kier alpha value is -4.92. The Bertz CT molecular complexity index is 3020. The average Bonchev–Trinajstić information content (AvgIpc) is 3.30. The van der Waals surface area contributed by atoms with E-state index in [2.05, 4.69) is 21.4 Å². The molecule has 5 aromatic rings. The molecule has 1 heterocycles. The number of hydrogen-bond donors (Lipinski definition) is 5. The number of hydrogen-bond acceptors (Lipinski definition) is 6. The van der Waals surface area contributed by atoms with Crippen LogP contribution in [0.3, 0.4) is 0 Å². The normalized spacial score (nSPS) is 15.9. The number of carbonyl (C=O) groups is 2. The number of ketones is 2. The van der Waals surface area contributed by atoms with Crippen molar-refractivity contribution < 1.29 is 93.4 Å². The van der Waals surface area contributed by atoms with Gasteiger partial charge in [0.05, 0.1) is 33.9 Å². The van der Waals surface area contributed by atoms with Crippen LogP contribution in [0.5, 0.6) is 0 Å². The van der Waals surface area contributed by atoms with Crippen molar-refractivity contribution in [3.05, 3.63) is 173 Å². The number of halogens is 15. The van der Waals surface area contributed by atoms with Gasteiger partial charge in [-0.2, -0.15) is 52.7 Å². The monoisotopic (exact) mass is 1390 g/mol. The van der Waals surface area contributed by atoms with E-state index >= 15 is 0 Å². The number of nitrogens with zero attached hydrogens (tertiary/aromatic N) is 1. The molecule has 0 radical (unpaired) electrons. The Morgan fingerprint density at radius 3 is 1.58 bits per heavy atom. The fourth-order valence-electron chi connectivity index (χ4n) is 8.67. The molecule has 1 aromatic heterocycles. The van der Waals surface area contributed by atoms with E-state index in [4.69, 9.17) is 34.3 Å². The first-order valence-electron chi connectivity index (χ1n) is 22.3. The summed E-state index contributed by atoms with van der Waals surface area (Å²) in [5.41, 5.74) is 12.7. The molecule has 8 N–H and O–H groups in total. The molecular formula is C51H47Cl3F12N6O3SU-2. The Morgan fingerprint density at radius 2 is 1.17 bits per heavy atom. The summed E-state index contributed by atoms with van der Waals surface area (Å²) in [6.45, 7) is 1.21. The first kappa shape index (κ1) is 68.2. The SMILES string of the molecule is CC(=O)C(Cc1cccc(C(F)(F)F)c1)C(=O)C1CC=C(c2ccc(Cl)cc2C(F)(F)F)CC1.Cl.N=C(N)N.Nc1nc(C2CC=C(c3ccc(Cl)cc3C(F)(F)F)CC2)c(Cc2cccc(C(F)(F)F)c2)c(=O)[nH]1.[S-2].[U]. The van der Waals surface area contributed by atoms with Crippen molar-refractivity contribution in [3.8, 4) is 0 Å². The van der Waals surface area contributed by atoms with E-state index in [-0.39, 0.29) is 158 Å². The van der Waals surface area contributed by atoms with Crippen LogP contribution >= 0.6 is 35.6 Å². The molecule has 4 aromatic carbocycles. The zero-order valence-electron chi connectivity index (χ0n) is 40.1. The Kier molecular flexibility index (Phi) is 25.1. The third-order valence-electron chi connectivity index (χ3n) is 12.1. The number of carbonyl (C=O) groups excluding carboxylic acids is 2. The molecule has 26 heteroatoms. The summed E-state index contributed by atoms with van der Waals surface area (Å²) in [5.74, 6) is -3.42. The maximum atomic E-state index is 13.6. The minimum atomic E-state index is -4.60. The first-order valence-corrected chi connectivity index (χ1v) is 23.1. The van der Waals surface area contributed by atoms with Crippen LogP contribution in [-0.2, 0) is 60.6 Å². The fraction of sp³-hybridized carbons (Fsp3) is 0.314. The number of aromatic amines is 1. The van der Waals surface area contributed by atoms with E-state index in [9.17, 15) is 67.1 Å². The molecule has 0 fully saturated rings. The molecule has 416 valence electrons. The fourth-order valence-corrected chi connectivity index (χ4v) is 9.01. The van der Waals surface area contributed by atoms with Crippen molar-refractivity contribution in [1.82, 2.24) is 9.97 Å². The molecule has 7 rings (SSSR count). The third kappa shape index (κ3) is 19.2. The zero-order valence-corrected chi connectivity index (χ0v) is 47.4. The summed E-state index contributed by atoms with van der Waals surface area (Å²) >= 11 is 11.5. The minimum absolute atomic E-state index is 0. The van der Waals surface area contributed by atoms with Gasteiger partial charge < -0.3 is 30.7 Å². The number of anilines is 1. The molecule has 0 aliphatic heterocycles. The summed E-state index contributed by atoms with van der Waals surface area (Å²) in [6, 6.07) is 16.3. The van der Waals surface area contributed by atoms with E-state index in [0.717, 1.165) is 36.4 Å². The minimum Gasteiger partial charge on any atom is -2.00 e. The average molecular weight is 1400 g/mol. The van der Waals surface area contributed by atoms with Crippen molar-refractivity contribution in [2.45, 2.75) is 88.9 Å². The van der Waals surface area contributed by atoms with Gasteiger partial charge in [0.2, 0.25) is 5.95 Å². The second-order valence-electron chi connectivity index (χ2n) is 17.4. The van der Waals surface area contributed by atoms with E-state index in [1.807, 2.05) is 0 Å². The van der Waals surface area contributed by atoms with Crippen molar-refractivity contribution in [3.63, 3.8) is 0 Å². The van der Waals surface area contributed by atoms with Crippen LogP contribution in [0.15, 0.2) is 102 Å². The molecule has 0 bridgehead atoms. The number of H-pyrrole nitrogens is 1. The Balaban J connectivity index is 0.000000476. The van der Waals surface area contributed by atoms with E-state index in [1.165, 1.54) is 55.5 Å². The number of allylic oxidation sites excluding steroid dienone is 4. The molecular weight excluding hydrogens is 1350 g/mol. The molecule has 9 nitrogen and oxygen atoms in total. The number of nitrogens with one attached hydrogen (secondary N) is 2. The second kappa shape index (κ2) is 28.3. The van der Waals surface area contributed by atoms with Crippen LogP contribution in [0.25, 0.3) is 11.1 Å². The van der Waals surface area contributed by atoms with Gasteiger partial charge in [-0.15, -0.1) is 12.4 Å². The van der Waals surface area contributed by atoms with Crippen LogP contribution in [-0.4, -0.2) is 27.5 Å². The molecule has 3 atom stereocenters. The van der Waals surface area contributed by atoms with Crippen LogP contribution in [0.1, 0.15) is 107 Å². The number of rotatable bonds is 10. The second-order valence-corrected chi connectivity index (χ2v) is 18.3. The molecule has 0 amide bonds. The smallest absolute Gasteiger partial charge is 0.417 e. The topological polar surface area (TPSA) is 182 Å². The Labute approximate surface area is 480 Å². The third-order valence-corrected chi connectivity index (χ3v) is 12.6. The van der Waals surface area contributed by atoms with Crippen molar-refractivity contribution in [2.24, 2.45) is 23.3 Å². The number of aromatic nitrogens is 2. The molecule has 0 saturated heterocycles. The molecule has 0 spiro atoms. The van der Waals surface area contributed by atoms with Crippen molar-refractivity contribution in [1.29, 1.82) is 5.41 Å². The molecule has 2 aliphatic carbocycles. The van der Waals surface area contributed by atoms with E-state index < -0.39 is 75.9 Å². The van der Waals surface area contributed by atoms with Crippen LogP contribution < -0.4 is 22.8 Å². The van der Waals surface area contributed by atoms with Gasteiger partial charge in [0.25, 0.3) is 5.56 Å². The van der Waals surface area contributed by atoms with Gasteiger partial charge in [-0.25, -0.2) is 4.98 Å². The summed E-state index contributed by atoms with van der Waals surface area (Å²) in [5, 5.41) is 5.99. The summed E-state index contributed by atoms with van der Waals surface area (Å²) in [7, 11) is 0. The standard InChI is InChI=1S/C25H20ClF6N3O.C25H21ClF6O2.CH5N3.ClH.S.U/c26-17-8-9-18(20(12-17)25(30,31)32)14-4-6-15(7-5-14)21-19(22(36)35-23(33)34-21)11-13-2-1-3-16(10-13)24(27,28)29;1-14(33)21(12-15-3-2-4-18(11-15)24(27,28)29)23(34)17-7-5-16(6-8-17)20-10-9-19(26)13-22(20)25(30,31)32;2-1(3)4;;;/h1-4,8-10,12,15H,5-7,11H2,(H3,33,34,35,36);2-5,9-11,13,17,21H,6-8,12H2,1H3;(H5,2,3,4);1H;;/q;;;;-2;. The van der Waals surface area contributed by atoms with Gasteiger partial charge in [0.1, 0.15) is 11.6 Å². The predicted octanol–water partition coefficient (Wildman–Crippen LogP) is 13.8. The number of alkyl halides is 12. The number of benzene rings is 4. The van der Waals surface area contributed by atoms with Gasteiger partial charge in [-0.05, 0) is 122 Å². The largest absolute Gasteiger partial charge is 2.00 e. The summed E-state index contributed by atoms with van der Waals surface area (Å²) in [6.07, 6.45) is -13.8.